The summed E-state index contributed by atoms with van der Waals surface area (Å²) in [5.41, 5.74) is -2.88. The quantitative estimate of drug-likeness (QED) is 0.188. The fourth-order valence-electron chi connectivity index (χ4n) is 13.2. The van der Waals surface area contributed by atoms with E-state index in [1.54, 1.807) is 18.0 Å². The molecule has 1 aliphatic carbocycles. The summed E-state index contributed by atoms with van der Waals surface area (Å²) >= 11 is 0. The predicted octanol–water partition coefficient (Wildman–Crippen LogP) is 5.08. The van der Waals surface area contributed by atoms with Gasteiger partial charge in [-0.3, -0.25) is 19.4 Å². The fraction of sp³-hybridized carbons (Fsp3) is 0.578. The number of para-hydroxylation sites is 1. The second-order valence-electron chi connectivity index (χ2n) is 17.8. The number of aliphatic hydroxyl groups is 1. The zero-order chi connectivity index (χ0) is 44.5. The number of fused-ring (bicyclic) bond motifs is 6. The molecular formula is C45H54F2N4O8. The SMILES string of the molecule is [2H]C([2H])([2H])C(=O)O[C@@H]1[C@]2(CC)C=CCN3CC[C@@]4(c5cc([C@@]6(C(=O)OC)CC7C[C@@H](C(C)(F)F)CN(Cc8c6[nH]c6ccccc86)C7)c(OC)cc5N(C)C4[C@@]1(O)C(=O)OC)C32. The molecule has 3 aromatic rings. The number of methoxy groups -OCH3 is 3. The summed E-state index contributed by atoms with van der Waals surface area (Å²) in [6.45, 7) is 1.56. The summed E-state index contributed by atoms with van der Waals surface area (Å²) in [4.78, 5) is 52.8. The Kier molecular flexibility index (Phi) is 8.31. The number of ether oxygens (including phenoxy) is 4. The summed E-state index contributed by atoms with van der Waals surface area (Å²) in [6.07, 6.45) is 2.94. The lowest BCUT2D eigenvalue weighted by Gasteiger charge is -2.63. The maximum atomic E-state index is 15.4. The molecule has 4 unspecified atom stereocenters. The van der Waals surface area contributed by atoms with Gasteiger partial charge in [0.2, 0.25) is 11.5 Å². The van der Waals surface area contributed by atoms with Gasteiger partial charge < -0.3 is 33.9 Å². The number of carbonyl (C=O) groups is 3. The number of anilines is 1. The molecule has 0 amide bonds. The Morgan fingerprint density at radius 1 is 1.07 bits per heavy atom. The summed E-state index contributed by atoms with van der Waals surface area (Å²) in [7, 11) is 5.65. The Hall–Kier alpha value is -4.53. The molecule has 2 saturated heterocycles. The number of H-pyrrole nitrogens is 1. The van der Waals surface area contributed by atoms with E-state index in [1.807, 2.05) is 49.4 Å². The van der Waals surface area contributed by atoms with E-state index in [9.17, 15) is 14.7 Å². The van der Waals surface area contributed by atoms with Crippen LogP contribution in [0.3, 0.4) is 0 Å². The number of likely N-dealkylation sites (N-methyl/N-ethyl adjacent to an activating group) is 1. The normalized spacial score (nSPS) is 36.8. The molecule has 2 N–H and O–H groups in total. The van der Waals surface area contributed by atoms with Gasteiger partial charge in [0.15, 0.2) is 6.10 Å². The van der Waals surface area contributed by atoms with E-state index in [1.165, 1.54) is 14.2 Å². The molecule has 12 nitrogen and oxygen atoms in total. The van der Waals surface area contributed by atoms with Crippen molar-refractivity contribution in [1.29, 1.82) is 0 Å². The molecule has 316 valence electrons. The van der Waals surface area contributed by atoms with E-state index in [0.717, 1.165) is 30.5 Å². The third-order valence-corrected chi connectivity index (χ3v) is 15.2. The molecule has 10 atom stereocenters. The van der Waals surface area contributed by atoms with Crippen LogP contribution in [-0.4, -0.2) is 122 Å². The van der Waals surface area contributed by atoms with Crippen molar-refractivity contribution in [2.45, 2.75) is 93.5 Å². The van der Waals surface area contributed by atoms with E-state index in [0.29, 0.717) is 60.9 Å². The van der Waals surface area contributed by atoms with Gasteiger partial charge in [0, 0.05) is 101 Å². The Balaban J connectivity index is 1.34. The zero-order valence-electron chi connectivity index (χ0n) is 37.3. The van der Waals surface area contributed by atoms with Gasteiger partial charge in [0.05, 0.1) is 27.4 Å². The molecule has 1 saturated carbocycles. The molecular weight excluding hydrogens is 763 g/mol. The van der Waals surface area contributed by atoms with Crippen molar-refractivity contribution in [3.63, 3.8) is 0 Å². The van der Waals surface area contributed by atoms with Crippen LogP contribution >= 0.6 is 0 Å². The van der Waals surface area contributed by atoms with Crippen LogP contribution in [0.1, 0.15) is 72.9 Å². The van der Waals surface area contributed by atoms with Gasteiger partial charge in [0.1, 0.15) is 11.2 Å². The van der Waals surface area contributed by atoms with Crippen LogP contribution in [0.4, 0.5) is 14.5 Å². The van der Waals surface area contributed by atoms with Crippen molar-refractivity contribution in [3.8, 4) is 5.75 Å². The Morgan fingerprint density at radius 2 is 1.83 bits per heavy atom. The molecule has 3 fully saturated rings. The number of halogens is 2. The lowest BCUT2D eigenvalue weighted by molar-refractivity contribution is -0.228. The summed E-state index contributed by atoms with van der Waals surface area (Å²) < 4.78 is 77.9. The molecule has 14 heteroatoms. The number of aromatic amines is 1. The summed E-state index contributed by atoms with van der Waals surface area (Å²) in [5.74, 6) is -7.29. The van der Waals surface area contributed by atoms with Crippen molar-refractivity contribution in [1.82, 2.24) is 14.8 Å². The maximum Gasteiger partial charge on any atom is 0.344 e. The molecule has 1 aromatic heterocycles. The fourth-order valence-corrected chi connectivity index (χ4v) is 13.2. The smallest absolute Gasteiger partial charge is 0.344 e. The second kappa shape index (κ2) is 13.5. The number of hydrogen-bond donors (Lipinski definition) is 2. The predicted molar refractivity (Wildman–Crippen MR) is 214 cm³/mol. The minimum absolute atomic E-state index is 0.0976. The monoisotopic (exact) mass is 819 g/mol. The first-order valence-electron chi connectivity index (χ1n) is 22.0. The number of piperidine rings is 1. The molecule has 5 aliphatic heterocycles. The Bertz CT molecular complexity index is 2390. The van der Waals surface area contributed by atoms with Gasteiger partial charge in [-0.2, -0.15) is 0 Å². The second-order valence-corrected chi connectivity index (χ2v) is 17.8. The summed E-state index contributed by atoms with van der Waals surface area (Å²) in [6, 6.07) is 9.65. The number of aromatic nitrogens is 1. The average Bonchev–Trinajstić information content (AvgIpc) is 3.89. The van der Waals surface area contributed by atoms with Crippen molar-refractivity contribution in [3.05, 3.63) is 70.9 Å². The topological polar surface area (TPSA) is 134 Å². The number of esters is 3. The lowest BCUT2D eigenvalue weighted by atomic mass is 9.47. The molecule has 2 aromatic carbocycles. The van der Waals surface area contributed by atoms with Gasteiger partial charge in [-0.05, 0) is 68.3 Å². The molecule has 59 heavy (non-hydrogen) atoms. The number of rotatable bonds is 7. The van der Waals surface area contributed by atoms with E-state index < -0.39 is 76.6 Å². The molecule has 0 radical (unpaired) electrons. The standard InChI is InChI=1S/C45H54F2N4O8/c1-8-42-14-11-16-51-17-15-43(36(42)51)30-19-31(34(56-5)20-33(30)49(4)37(43)45(55,40(54)58-7)38(42)59-25(2)52)44(39(53)57-6)21-26-18-27(41(3,46)47)23-50(22-26)24-29-28-12-9-10-13-32(28)48-35(29)44/h9-14,19-20,26-27,36-38,48,55H,8,15-18,21-24H2,1-7H3/t26?,27-,36?,37?,38-,42-,43-,44+,45+/m1/s1/i2D3. The molecule has 1 spiro atoms. The van der Waals surface area contributed by atoms with Crippen LogP contribution in [0.5, 0.6) is 5.75 Å². The number of hydrogen-bond acceptors (Lipinski definition) is 11. The minimum atomic E-state index is -3.20. The third-order valence-electron chi connectivity index (χ3n) is 15.2. The van der Waals surface area contributed by atoms with E-state index in [4.69, 9.17) is 23.1 Å². The van der Waals surface area contributed by atoms with Gasteiger partial charge in [-0.15, -0.1) is 0 Å². The maximum absolute atomic E-state index is 15.4. The van der Waals surface area contributed by atoms with Gasteiger partial charge in [-0.1, -0.05) is 37.3 Å². The van der Waals surface area contributed by atoms with Gasteiger partial charge >= 0.3 is 17.9 Å². The Labute approximate surface area is 347 Å². The van der Waals surface area contributed by atoms with Crippen molar-refractivity contribution in [2.24, 2.45) is 17.3 Å². The molecule has 6 heterocycles. The molecule has 6 aliphatic rings. The van der Waals surface area contributed by atoms with E-state index in [2.05, 4.69) is 14.8 Å². The zero-order valence-corrected chi connectivity index (χ0v) is 34.3. The van der Waals surface area contributed by atoms with Crippen LogP contribution in [-0.2, 0) is 46.0 Å². The highest BCUT2D eigenvalue weighted by Gasteiger charge is 2.80. The van der Waals surface area contributed by atoms with Crippen LogP contribution in [0.25, 0.3) is 10.9 Å². The van der Waals surface area contributed by atoms with Crippen LogP contribution < -0.4 is 9.64 Å². The van der Waals surface area contributed by atoms with Crippen molar-refractivity contribution >= 4 is 34.5 Å². The largest absolute Gasteiger partial charge is 0.496 e. The van der Waals surface area contributed by atoms with Gasteiger partial charge in [-0.25, -0.2) is 13.6 Å². The first-order chi connectivity index (χ1) is 29.3. The van der Waals surface area contributed by atoms with Gasteiger partial charge in [0.25, 0.3) is 0 Å². The summed E-state index contributed by atoms with van der Waals surface area (Å²) in [5, 5.41) is 14.2. The van der Waals surface area contributed by atoms with Crippen LogP contribution in [0, 0.1) is 17.3 Å². The number of nitrogens with zero attached hydrogens (tertiary/aromatic N) is 3. The Morgan fingerprint density at radius 3 is 2.53 bits per heavy atom. The highest BCUT2D eigenvalue weighted by Crippen LogP contribution is 2.68. The van der Waals surface area contributed by atoms with E-state index >= 15 is 13.6 Å². The van der Waals surface area contributed by atoms with Crippen molar-refractivity contribution in [2.75, 3.05) is 59.5 Å². The molecule has 9 rings (SSSR count). The minimum Gasteiger partial charge on any atom is -0.496 e. The molecule has 2 bridgehead atoms. The average molecular weight is 820 g/mol. The number of benzene rings is 2. The van der Waals surface area contributed by atoms with Crippen LogP contribution in [0.15, 0.2) is 48.6 Å². The first-order valence-corrected chi connectivity index (χ1v) is 20.5. The van der Waals surface area contributed by atoms with E-state index in [-0.39, 0.29) is 31.7 Å². The number of alkyl halides is 2. The third kappa shape index (κ3) is 5.17. The number of nitrogens with one attached hydrogen (secondary N) is 1. The number of carbonyl (C=O) groups excluding carboxylic acids is 3. The highest BCUT2D eigenvalue weighted by atomic mass is 19.3. The van der Waals surface area contributed by atoms with Crippen molar-refractivity contribution < 1.29 is 51.3 Å². The highest BCUT2D eigenvalue weighted by molar-refractivity contribution is 5.95. The van der Waals surface area contributed by atoms with Crippen LogP contribution in [0.2, 0.25) is 0 Å². The first kappa shape index (κ1) is 36.3. The lowest BCUT2D eigenvalue weighted by Crippen LogP contribution is -2.81.